The summed E-state index contributed by atoms with van der Waals surface area (Å²) in [4.78, 5) is 20.2. The first-order valence-electron chi connectivity index (χ1n) is 11.9. The molecule has 3 N–H and O–H groups in total. The van der Waals surface area contributed by atoms with E-state index in [-0.39, 0.29) is 19.4 Å². The van der Waals surface area contributed by atoms with Crippen LogP contribution in [0.25, 0.3) is 10.9 Å². The second kappa shape index (κ2) is 11.8. The second-order valence-electron chi connectivity index (χ2n) is 9.02. The Morgan fingerprint density at radius 3 is 2.83 bits per heavy atom. The maximum atomic E-state index is 15.8. The maximum absolute atomic E-state index is 15.8. The zero-order chi connectivity index (χ0) is 25.5. The van der Waals surface area contributed by atoms with Gasteiger partial charge in [-0.1, -0.05) is 17.9 Å². The number of carbonyl (C=O) groups is 1. The number of aliphatic hydroxyl groups excluding tert-OH is 1. The van der Waals surface area contributed by atoms with Crippen molar-refractivity contribution in [2.45, 2.75) is 38.5 Å². The molecule has 9 heteroatoms. The number of benzene rings is 1. The fourth-order valence-corrected chi connectivity index (χ4v) is 5.43. The largest absolute Gasteiger partial charge is 0.497 e. The van der Waals surface area contributed by atoms with Gasteiger partial charge in [-0.15, -0.1) is 11.3 Å². The number of fused-ring (bicyclic) bond motifs is 1. The van der Waals surface area contributed by atoms with Crippen LogP contribution in [0.15, 0.2) is 41.9 Å². The van der Waals surface area contributed by atoms with Gasteiger partial charge < -0.3 is 9.84 Å². The lowest BCUT2D eigenvalue weighted by Gasteiger charge is -2.40. The van der Waals surface area contributed by atoms with Crippen LogP contribution in [0.1, 0.15) is 47.9 Å². The molecule has 3 heterocycles. The van der Waals surface area contributed by atoms with E-state index < -0.39 is 17.5 Å². The number of hydroxylamine groups is 1. The first-order valence-corrected chi connectivity index (χ1v) is 12.8. The second-order valence-corrected chi connectivity index (χ2v) is 9.97. The zero-order valence-corrected chi connectivity index (χ0v) is 21.0. The van der Waals surface area contributed by atoms with Gasteiger partial charge in [-0.3, -0.25) is 19.9 Å². The Labute approximate surface area is 213 Å². The van der Waals surface area contributed by atoms with Gasteiger partial charge in [0.05, 0.1) is 36.1 Å². The highest BCUT2D eigenvalue weighted by Gasteiger charge is 2.41. The van der Waals surface area contributed by atoms with Gasteiger partial charge in [0.1, 0.15) is 11.9 Å². The van der Waals surface area contributed by atoms with Crippen molar-refractivity contribution < 1.29 is 24.2 Å². The monoisotopic (exact) mass is 511 g/mol. The number of hydrogen-bond acceptors (Lipinski definition) is 7. The number of amides is 1. The molecular formula is C27H30FN3O4S. The summed E-state index contributed by atoms with van der Waals surface area (Å²) in [5.41, 5.74) is 2.30. The molecule has 1 aliphatic rings. The molecule has 1 amide bonds. The molecule has 1 atom stereocenters. The molecule has 2 aromatic heterocycles. The van der Waals surface area contributed by atoms with Crippen molar-refractivity contribution in [3.63, 3.8) is 0 Å². The molecule has 1 unspecified atom stereocenters. The number of halogens is 1. The van der Waals surface area contributed by atoms with Crippen LogP contribution >= 0.6 is 11.3 Å². The fourth-order valence-electron chi connectivity index (χ4n) is 4.84. The highest BCUT2D eigenvalue weighted by Crippen LogP contribution is 2.41. The maximum Gasteiger partial charge on any atom is 0.249 e. The number of aliphatic hydroxyl groups is 1. The molecule has 4 rings (SSSR count). The van der Waals surface area contributed by atoms with Crippen molar-refractivity contribution in [3.05, 3.63) is 57.9 Å². The van der Waals surface area contributed by atoms with E-state index in [4.69, 9.17) is 4.74 Å². The highest BCUT2D eigenvalue weighted by atomic mass is 32.1. The number of piperidine rings is 1. The number of methoxy groups -OCH3 is 1. The van der Waals surface area contributed by atoms with Gasteiger partial charge >= 0.3 is 0 Å². The Morgan fingerprint density at radius 1 is 1.36 bits per heavy atom. The van der Waals surface area contributed by atoms with E-state index >= 15 is 4.39 Å². The van der Waals surface area contributed by atoms with Crippen LogP contribution in [0.3, 0.4) is 0 Å². The number of pyridine rings is 1. The summed E-state index contributed by atoms with van der Waals surface area (Å²) in [6.07, 6.45) is 1.36. The standard InChI is InChI=1S/C27H30FN3O4S/c1-35-20-6-7-24-22(16-20)25(19(18-32)17-29-24)23(28)8-9-27(26(33)30-34)10-13-31(14-11-27)12-2-4-21-5-3-15-36-21/h3,5-7,15-17,23,32,34H,8-14,18H2,1H3,(H,30,33). The summed E-state index contributed by atoms with van der Waals surface area (Å²) in [7, 11) is 1.54. The molecule has 1 fully saturated rings. The minimum absolute atomic E-state index is 0.0644. The van der Waals surface area contributed by atoms with Crippen LogP contribution in [-0.4, -0.2) is 52.8 Å². The Morgan fingerprint density at radius 2 is 2.17 bits per heavy atom. The van der Waals surface area contributed by atoms with Crippen LogP contribution in [0, 0.1) is 17.3 Å². The average molecular weight is 512 g/mol. The van der Waals surface area contributed by atoms with Gasteiger partial charge in [0.15, 0.2) is 0 Å². The molecule has 0 radical (unpaired) electrons. The number of rotatable bonds is 8. The van der Waals surface area contributed by atoms with Crippen molar-refractivity contribution in [2.75, 3.05) is 26.7 Å². The summed E-state index contributed by atoms with van der Waals surface area (Å²) < 4.78 is 21.1. The summed E-state index contributed by atoms with van der Waals surface area (Å²) >= 11 is 1.59. The van der Waals surface area contributed by atoms with Crippen molar-refractivity contribution in [3.8, 4) is 17.6 Å². The van der Waals surface area contributed by atoms with Gasteiger partial charge in [0.2, 0.25) is 5.91 Å². The molecule has 1 saturated heterocycles. The molecule has 0 bridgehead atoms. The van der Waals surface area contributed by atoms with E-state index in [0.29, 0.717) is 60.3 Å². The molecule has 1 aromatic carbocycles. The molecule has 0 aliphatic carbocycles. The number of aromatic nitrogens is 1. The van der Waals surface area contributed by atoms with E-state index in [1.807, 2.05) is 23.0 Å². The fraction of sp³-hybridized carbons (Fsp3) is 0.407. The zero-order valence-electron chi connectivity index (χ0n) is 20.2. The summed E-state index contributed by atoms with van der Waals surface area (Å²) in [6.45, 7) is 1.49. The lowest BCUT2D eigenvalue weighted by Crippen LogP contribution is -2.48. The Hall–Kier alpha value is -3.03. The van der Waals surface area contributed by atoms with Gasteiger partial charge in [0, 0.05) is 35.8 Å². The van der Waals surface area contributed by atoms with Crippen molar-refractivity contribution in [1.29, 1.82) is 0 Å². The molecule has 1 aliphatic heterocycles. The third-order valence-corrected chi connectivity index (χ3v) is 7.78. The van der Waals surface area contributed by atoms with Crippen molar-refractivity contribution in [1.82, 2.24) is 15.4 Å². The van der Waals surface area contributed by atoms with E-state index in [0.717, 1.165) is 4.88 Å². The topological polar surface area (TPSA) is 94.9 Å². The van der Waals surface area contributed by atoms with E-state index in [1.165, 1.54) is 13.3 Å². The first kappa shape index (κ1) is 26.0. The molecule has 0 saturated carbocycles. The number of likely N-dealkylation sites (tertiary alicyclic amines) is 1. The molecule has 0 spiro atoms. The third-order valence-electron chi connectivity index (χ3n) is 6.99. The molecule has 3 aromatic rings. The van der Waals surface area contributed by atoms with Crippen molar-refractivity contribution in [2.24, 2.45) is 5.41 Å². The Balaban J connectivity index is 1.48. The van der Waals surface area contributed by atoms with Crippen LogP contribution in [-0.2, 0) is 11.4 Å². The van der Waals surface area contributed by atoms with Crippen molar-refractivity contribution >= 4 is 28.1 Å². The number of ether oxygens (including phenoxy) is 1. The predicted molar refractivity (Wildman–Crippen MR) is 137 cm³/mol. The molecular weight excluding hydrogens is 481 g/mol. The van der Waals surface area contributed by atoms with Crippen LogP contribution in [0.4, 0.5) is 4.39 Å². The van der Waals surface area contributed by atoms with Gasteiger partial charge in [-0.25, -0.2) is 9.87 Å². The van der Waals surface area contributed by atoms with Gasteiger partial charge in [-0.2, -0.15) is 0 Å². The summed E-state index contributed by atoms with van der Waals surface area (Å²) in [5, 5.41) is 21.9. The van der Waals surface area contributed by atoms with Gasteiger partial charge in [0.25, 0.3) is 0 Å². The number of carbonyl (C=O) groups excluding carboxylic acids is 1. The SMILES string of the molecule is COc1ccc2ncc(CO)c(C(F)CCC3(C(=O)NO)CCN(CC#Cc4cccs4)CC3)c2c1. The van der Waals surface area contributed by atoms with Crippen LogP contribution in [0.2, 0.25) is 0 Å². The van der Waals surface area contributed by atoms with E-state index in [1.54, 1.807) is 29.5 Å². The quantitative estimate of drug-likeness (QED) is 0.238. The van der Waals surface area contributed by atoms with Crippen LogP contribution < -0.4 is 10.2 Å². The number of alkyl halides is 1. The number of nitrogens with zero attached hydrogens (tertiary/aromatic N) is 2. The molecule has 36 heavy (non-hydrogen) atoms. The minimum atomic E-state index is -1.43. The first-order chi connectivity index (χ1) is 17.5. The summed E-state index contributed by atoms with van der Waals surface area (Å²) in [5.74, 6) is 6.40. The Kier molecular flexibility index (Phi) is 8.54. The van der Waals surface area contributed by atoms with E-state index in [9.17, 15) is 15.1 Å². The predicted octanol–water partition coefficient (Wildman–Crippen LogP) is 4.23. The lowest BCUT2D eigenvalue weighted by atomic mass is 9.73. The Bertz CT molecular complexity index is 1240. The third kappa shape index (κ3) is 5.68. The molecule has 190 valence electrons. The van der Waals surface area contributed by atoms with E-state index in [2.05, 4.69) is 21.7 Å². The lowest BCUT2D eigenvalue weighted by molar-refractivity contribution is -0.143. The minimum Gasteiger partial charge on any atom is -0.497 e. The normalized spacial score (nSPS) is 16.2. The van der Waals surface area contributed by atoms with Crippen LogP contribution in [0.5, 0.6) is 5.75 Å². The average Bonchev–Trinajstić information content (AvgIpc) is 3.44. The summed E-state index contributed by atoms with van der Waals surface area (Å²) in [6, 6.07) is 9.16. The smallest absolute Gasteiger partial charge is 0.249 e. The molecule has 7 nitrogen and oxygen atoms in total. The number of hydrogen-bond donors (Lipinski definition) is 3. The number of nitrogens with one attached hydrogen (secondary N) is 1. The van der Waals surface area contributed by atoms with Gasteiger partial charge in [-0.05, 0) is 55.3 Å². The highest BCUT2D eigenvalue weighted by molar-refractivity contribution is 7.10. The number of thiophene rings is 1.